The average molecular weight is 417 g/mol. The molecule has 1 aromatic carbocycles. The lowest BCUT2D eigenvalue weighted by Crippen LogP contribution is -2.50. The SMILES string of the molecule is CSc1nc(C)c(CCC(=O)N2C[C@H](C(=O)N(C)C)Oc3ccccc32)c(=O)[nH]1. The normalized spacial score (nSPS) is 15.4. The molecule has 2 amide bonds. The Bertz CT molecular complexity index is 989. The van der Waals surface area contributed by atoms with Crippen molar-refractivity contribution in [2.24, 2.45) is 0 Å². The van der Waals surface area contributed by atoms with E-state index in [0.717, 1.165) is 0 Å². The van der Waals surface area contributed by atoms with Crippen LogP contribution < -0.4 is 15.2 Å². The topological polar surface area (TPSA) is 95.6 Å². The summed E-state index contributed by atoms with van der Waals surface area (Å²) in [5, 5.41) is 0.551. The summed E-state index contributed by atoms with van der Waals surface area (Å²) in [7, 11) is 3.30. The Labute approximate surface area is 173 Å². The minimum Gasteiger partial charge on any atom is -0.476 e. The van der Waals surface area contributed by atoms with E-state index in [4.69, 9.17) is 4.74 Å². The molecule has 2 aromatic rings. The van der Waals surface area contributed by atoms with Gasteiger partial charge in [0.2, 0.25) is 5.91 Å². The van der Waals surface area contributed by atoms with Crippen molar-refractivity contribution in [1.29, 1.82) is 0 Å². The van der Waals surface area contributed by atoms with E-state index in [2.05, 4.69) is 9.97 Å². The Morgan fingerprint density at radius 1 is 1.34 bits per heavy atom. The predicted octanol–water partition coefficient (Wildman–Crippen LogP) is 1.62. The number of hydrogen-bond donors (Lipinski definition) is 1. The number of para-hydroxylation sites is 2. The van der Waals surface area contributed by atoms with E-state index in [1.807, 2.05) is 12.3 Å². The summed E-state index contributed by atoms with van der Waals surface area (Å²) in [5.74, 6) is 0.110. The van der Waals surface area contributed by atoms with Crippen LogP contribution in [-0.2, 0) is 16.0 Å². The van der Waals surface area contributed by atoms with Gasteiger partial charge in [0.1, 0.15) is 5.75 Å². The third kappa shape index (κ3) is 4.45. The van der Waals surface area contributed by atoms with E-state index in [9.17, 15) is 14.4 Å². The number of hydrogen-bond acceptors (Lipinski definition) is 6. The number of H-pyrrole nitrogens is 1. The molecule has 29 heavy (non-hydrogen) atoms. The third-order valence-electron chi connectivity index (χ3n) is 4.77. The Morgan fingerprint density at radius 2 is 2.07 bits per heavy atom. The number of carbonyl (C=O) groups is 2. The number of thioether (sulfide) groups is 1. The molecule has 9 heteroatoms. The van der Waals surface area contributed by atoms with Crippen LogP contribution in [0.2, 0.25) is 0 Å². The molecule has 1 aromatic heterocycles. The Balaban J connectivity index is 1.81. The van der Waals surface area contributed by atoms with Crippen molar-refractivity contribution < 1.29 is 14.3 Å². The molecular formula is C20H24N4O4S. The van der Waals surface area contributed by atoms with Gasteiger partial charge in [-0.1, -0.05) is 23.9 Å². The predicted molar refractivity (Wildman–Crippen MR) is 112 cm³/mol. The average Bonchev–Trinajstić information content (AvgIpc) is 2.71. The van der Waals surface area contributed by atoms with Gasteiger partial charge in [0.15, 0.2) is 11.3 Å². The van der Waals surface area contributed by atoms with Crippen LogP contribution >= 0.6 is 11.8 Å². The van der Waals surface area contributed by atoms with Gasteiger partial charge in [0.25, 0.3) is 11.5 Å². The van der Waals surface area contributed by atoms with Crippen molar-refractivity contribution in [3.8, 4) is 5.75 Å². The van der Waals surface area contributed by atoms with E-state index in [1.54, 1.807) is 44.1 Å². The number of aryl methyl sites for hydroxylation is 1. The fourth-order valence-corrected chi connectivity index (χ4v) is 3.65. The fourth-order valence-electron chi connectivity index (χ4n) is 3.23. The summed E-state index contributed by atoms with van der Waals surface area (Å²) in [6.07, 6.45) is 1.47. The van der Waals surface area contributed by atoms with Crippen molar-refractivity contribution in [3.05, 3.63) is 45.9 Å². The number of likely N-dealkylation sites (N-methyl/N-ethyl adjacent to an activating group) is 1. The zero-order chi connectivity index (χ0) is 21.1. The standard InChI is InChI=1S/C20H24N4O4S/c1-12-13(18(26)22-20(21-12)29-4)9-10-17(25)24-11-16(19(27)23(2)3)28-15-8-6-5-7-14(15)24/h5-8,16H,9-11H2,1-4H3,(H,21,22,26)/t16-/m1/s1. The first-order valence-electron chi connectivity index (χ1n) is 9.22. The molecule has 0 fully saturated rings. The van der Waals surface area contributed by atoms with Gasteiger partial charge in [-0.15, -0.1) is 0 Å². The molecule has 1 aliphatic heterocycles. The van der Waals surface area contributed by atoms with Crippen LogP contribution in [0.25, 0.3) is 0 Å². The number of amides is 2. The Morgan fingerprint density at radius 3 is 2.72 bits per heavy atom. The molecule has 0 radical (unpaired) electrons. The number of nitrogens with zero attached hydrogens (tertiary/aromatic N) is 3. The van der Waals surface area contributed by atoms with E-state index in [1.165, 1.54) is 16.7 Å². The minimum atomic E-state index is -0.767. The first-order chi connectivity index (χ1) is 13.8. The maximum Gasteiger partial charge on any atom is 0.265 e. The van der Waals surface area contributed by atoms with Gasteiger partial charge in [-0.3, -0.25) is 14.4 Å². The van der Waals surface area contributed by atoms with Crippen molar-refractivity contribution in [3.63, 3.8) is 0 Å². The molecule has 1 aliphatic rings. The smallest absolute Gasteiger partial charge is 0.265 e. The highest BCUT2D eigenvalue weighted by molar-refractivity contribution is 7.98. The molecule has 0 spiro atoms. The van der Waals surface area contributed by atoms with E-state index in [-0.39, 0.29) is 36.8 Å². The molecule has 1 N–H and O–H groups in total. The molecule has 0 saturated heterocycles. The highest BCUT2D eigenvalue weighted by Gasteiger charge is 2.34. The molecule has 154 valence electrons. The van der Waals surface area contributed by atoms with Crippen LogP contribution in [0, 0.1) is 6.92 Å². The summed E-state index contributed by atoms with van der Waals surface area (Å²) >= 11 is 1.36. The maximum atomic E-state index is 13.0. The summed E-state index contributed by atoms with van der Waals surface area (Å²) in [5.41, 5.74) is 1.52. The third-order valence-corrected chi connectivity index (χ3v) is 5.35. The first kappa shape index (κ1) is 20.9. The van der Waals surface area contributed by atoms with Crippen molar-refractivity contribution in [2.45, 2.75) is 31.0 Å². The molecule has 8 nitrogen and oxygen atoms in total. The van der Waals surface area contributed by atoms with Gasteiger partial charge in [-0.05, 0) is 31.7 Å². The van der Waals surface area contributed by atoms with E-state index in [0.29, 0.717) is 27.9 Å². The van der Waals surface area contributed by atoms with Crippen LogP contribution in [0.5, 0.6) is 5.75 Å². The number of carbonyl (C=O) groups excluding carboxylic acids is 2. The second-order valence-corrected chi connectivity index (χ2v) is 7.75. The van der Waals surface area contributed by atoms with Crippen LogP contribution in [0.4, 0.5) is 5.69 Å². The first-order valence-corrected chi connectivity index (χ1v) is 10.4. The van der Waals surface area contributed by atoms with Crippen LogP contribution in [0.1, 0.15) is 17.7 Å². The quantitative estimate of drug-likeness (QED) is 0.588. The number of aromatic amines is 1. The van der Waals surface area contributed by atoms with Crippen LogP contribution in [0.3, 0.4) is 0 Å². The highest BCUT2D eigenvalue weighted by Crippen LogP contribution is 2.34. The molecule has 0 bridgehead atoms. The molecule has 0 saturated carbocycles. The van der Waals surface area contributed by atoms with Crippen molar-refractivity contribution in [1.82, 2.24) is 14.9 Å². The number of rotatable bonds is 5. The molecule has 2 heterocycles. The lowest BCUT2D eigenvalue weighted by atomic mass is 10.1. The summed E-state index contributed by atoms with van der Waals surface area (Å²) in [6.45, 7) is 1.90. The zero-order valence-electron chi connectivity index (χ0n) is 16.9. The number of fused-ring (bicyclic) bond motifs is 1. The van der Waals surface area contributed by atoms with Gasteiger partial charge in [-0.2, -0.15) is 0 Å². The van der Waals surface area contributed by atoms with E-state index < -0.39 is 6.10 Å². The fraction of sp³-hybridized carbons (Fsp3) is 0.400. The second-order valence-electron chi connectivity index (χ2n) is 6.95. The Kier molecular flexibility index (Phi) is 6.26. The van der Waals surface area contributed by atoms with Gasteiger partial charge in [0, 0.05) is 31.8 Å². The molecular weight excluding hydrogens is 392 g/mol. The zero-order valence-corrected chi connectivity index (χ0v) is 17.7. The molecule has 0 aliphatic carbocycles. The summed E-state index contributed by atoms with van der Waals surface area (Å²) < 4.78 is 5.81. The molecule has 1 atom stereocenters. The van der Waals surface area contributed by atoms with Gasteiger partial charge >= 0.3 is 0 Å². The lowest BCUT2D eigenvalue weighted by Gasteiger charge is -2.35. The van der Waals surface area contributed by atoms with Gasteiger partial charge in [0.05, 0.1) is 12.2 Å². The number of benzene rings is 1. The molecule has 0 unspecified atom stereocenters. The lowest BCUT2D eigenvalue weighted by molar-refractivity contribution is -0.136. The monoisotopic (exact) mass is 416 g/mol. The Hall–Kier alpha value is -2.81. The van der Waals surface area contributed by atoms with Crippen molar-refractivity contribution in [2.75, 3.05) is 31.8 Å². The minimum absolute atomic E-state index is 0.126. The molecule has 3 rings (SSSR count). The van der Waals surface area contributed by atoms with Crippen LogP contribution in [0.15, 0.2) is 34.2 Å². The largest absolute Gasteiger partial charge is 0.476 e. The number of ether oxygens (including phenoxy) is 1. The van der Waals surface area contributed by atoms with E-state index >= 15 is 0 Å². The second kappa shape index (κ2) is 8.69. The summed E-state index contributed by atoms with van der Waals surface area (Å²) in [4.78, 5) is 47.8. The number of nitrogens with one attached hydrogen (secondary N) is 1. The number of anilines is 1. The van der Waals surface area contributed by atoms with Gasteiger partial charge in [-0.25, -0.2) is 4.98 Å². The number of aromatic nitrogens is 2. The van der Waals surface area contributed by atoms with Crippen molar-refractivity contribution >= 4 is 29.3 Å². The maximum absolute atomic E-state index is 13.0. The highest BCUT2D eigenvalue weighted by atomic mass is 32.2. The summed E-state index contributed by atoms with van der Waals surface area (Å²) in [6, 6.07) is 7.14. The van der Waals surface area contributed by atoms with Crippen LogP contribution in [-0.4, -0.2) is 59.7 Å². The van der Waals surface area contributed by atoms with Gasteiger partial charge < -0.3 is 19.5 Å².